The summed E-state index contributed by atoms with van der Waals surface area (Å²) in [5, 5.41) is 34.4. The van der Waals surface area contributed by atoms with E-state index < -0.39 is 36.6 Å². The molecule has 0 saturated carbocycles. The second-order valence-electron chi connectivity index (χ2n) is 4.88. The number of hydrogen-bond acceptors (Lipinski definition) is 6. The molecule has 0 aliphatic carbocycles. The molecular formula is C13H28N2O6. The maximum absolute atomic E-state index is 10.6. The molecule has 0 spiro atoms. The fourth-order valence-electron chi connectivity index (χ4n) is 1.56. The van der Waals surface area contributed by atoms with Gasteiger partial charge in [0.2, 0.25) is 0 Å². The molecule has 8 nitrogen and oxygen atoms in total. The summed E-state index contributed by atoms with van der Waals surface area (Å²) in [5.41, 5.74) is 9.08. The van der Waals surface area contributed by atoms with E-state index in [1.807, 2.05) is 6.92 Å². The fraction of sp³-hybridized carbons (Fsp3) is 0.846. The van der Waals surface area contributed by atoms with Gasteiger partial charge in [0.25, 0.3) is 0 Å². The number of carboxylic acids is 2. The normalized spacial score (nSPS) is 12.2. The van der Waals surface area contributed by atoms with Crippen molar-refractivity contribution >= 4 is 11.9 Å². The highest BCUT2D eigenvalue weighted by Crippen LogP contribution is 2.22. The van der Waals surface area contributed by atoms with Gasteiger partial charge in [-0.1, -0.05) is 19.8 Å². The quantitative estimate of drug-likeness (QED) is 0.290. The summed E-state index contributed by atoms with van der Waals surface area (Å²) in [6, 6.07) is -0.716. The fourth-order valence-corrected chi connectivity index (χ4v) is 1.56. The average Bonchev–Trinajstić information content (AvgIpc) is 2.45. The molecule has 0 aromatic heterocycles. The highest BCUT2D eigenvalue weighted by atomic mass is 16.4. The molecule has 0 amide bonds. The molecule has 0 rings (SSSR count). The van der Waals surface area contributed by atoms with E-state index in [1.165, 1.54) is 0 Å². The lowest BCUT2D eigenvalue weighted by molar-refractivity contribution is -0.155. The average molecular weight is 308 g/mol. The van der Waals surface area contributed by atoms with Crippen LogP contribution in [0.5, 0.6) is 0 Å². The van der Waals surface area contributed by atoms with Crippen molar-refractivity contribution in [2.45, 2.75) is 45.1 Å². The van der Waals surface area contributed by atoms with Gasteiger partial charge in [0, 0.05) is 0 Å². The van der Waals surface area contributed by atoms with Gasteiger partial charge in [-0.15, -0.1) is 0 Å². The molecule has 0 heterocycles. The molecule has 0 bridgehead atoms. The molecule has 126 valence electrons. The molecular weight excluding hydrogens is 280 g/mol. The van der Waals surface area contributed by atoms with Crippen LogP contribution in [0.25, 0.3) is 0 Å². The van der Waals surface area contributed by atoms with E-state index in [0.29, 0.717) is 25.8 Å². The van der Waals surface area contributed by atoms with E-state index in [2.05, 4.69) is 0 Å². The minimum atomic E-state index is -1.34. The van der Waals surface area contributed by atoms with Crippen molar-refractivity contribution in [2.75, 3.05) is 19.8 Å². The third kappa shape index (κ3) is 9.35. The molecule has 0 fully saturated rings. The first-order valence-corrected chi connectivity index (χ1v) is 6.94. The van der Waals surface area contributed by atoms with Crippen LogP contribution >= 0.6 is 0 Å². The predicted molar refractivity (Wildman–Crippen MR) is 77.7 cm³/mol. The van der Waals surface area contributed by atoms with Gasteiger partial charge in [-0.3, -0.25) is 9.59 Å². The first kappa shape index (κ1) is 22.1. The van der Waals surface area contributed by atoms with Gasteiger partial charge in [-0.05, 0) is 25.8 Å². The van der Waals surface area contributed by atoms with Gasteiger partial charge in [0.05, 0.1) is 13.2 Å². The first-order chi connectivity index (χ1) is 9.81. The second-order valence-corrected chi connectivity index (χ2v) is 4.88. The van der Waals surface area contributed by atoms with E-state index in [4.69, 9.17) is 31.9 Å². The number of hydrogen-bond donors (Lipinski definition) is 6. The molecule has 0 aliphatic rings. The van der Waals surface area contributed by atoms with E-state index >= 15 is 0 Å². The Hall–Kier alpha value is -1.22. The minimum absolute atomic E-state index is 0.301. The molecule has 0 radical (unpaired) electrons. The topological polar surface area (TPSA) is 167 Å². The number of nitrogens with two attached hydrogens (primary N) is 2. The Bertz CT molecular complexity index is 294. The van der Waals surface area contributed by atoms with E-state index in [0.717, 1.165) is 12.8 Å². The van der Waals surface area contributed by atoms with Crippen LogP contribution in [0.1, 0.15) is 39.0 Å². The summed E-state index contributed by atoms with van der Waals surface area (Å²) in [4.78, 5) is 20.7. The van der Waals surface area contributed by atoms with Crippen molar-refractivity contribution in [1.82, 2.24) is 0 Å². The highest BCUT2D eigenvalue weighted by molar-refractivity contribution is 5.74. The standard InChI is InChI=1S/C7H14O4.C6H14N2O2/c1-2-3-7(4-8,5-9)6(10)11;7-4-2-1-3-5(8)6(9)10/h8-9H,2-5H2,1H3,(H,10,11);5H,1-4,7-8H2,(H,9,10). The number of unbranched alkanes of at least 4 members (excludes halogenated alkanes) is 1. The lowest BCUT2D eigenvalue weighted by Gasteiger charge is -2.23. The highest BCUT2D eigenvalue weighted by Gasteiger charge is 2.36. The molecule has 0 aliphatic heterocycles. The summed E-state index contributed by atoms with van der Waals surface area (Å²) < 4.78 is 0. The summed E-state index contributed by atoms with van der Waals surface area (Å²) >= 11 is 0. The lowest BCUT2D eigenvalue weighted by atomic mass is 9.85. The minimum Gasteiger partial charge on any atom is -0.481 e. The smallest absolute Gasteiger partial charge is 0.320 e. The SMILES string of the molecule is CCCC(CO)(CO)C(=O)O.NCCCCC(N)C(=O)O. The number of aliphatic carboxylic acids is 2. The number of carbonyl (C=O) groups is 2. The maximum Gasteiger partial charge on any atom is 0.320 e. The molecule has 8 heteroatoms. The summed E-state index contributed by atoms with van der Waals surface area (Å²) in [6.45, 7) is 1.40. The Morgan fingerprint density at radius 2 is 1.67 bits per heavy atom. The van der Waals surface area contributed by atoms with Crippen molar-refractivity contribution in [1.29, 1.82) is 0 Å². The number of aliphatic hydroxyl groups excluding tert-OH is 2. The van der Waals surface area contributed by atoms with E-state index in [9.17, 15) is 9.59 Å². The van der Waals surface area contributed by atoms with Crippen LogP contribution in [-0.2, 0) is 9.59 Å². The molecule has 21 heavy (non-hydrogen) atoms. The van der Waals surface area contributed by atoms with Crippen LogP contribution in [0.2, 0.25) is 0 Å². The third-order valence-electron chi connectivity index (χ3n) is 3.07. The van der Waals surface area contributed by atoms with Gasteiger partial charge in [-0.2, -0.15) is 0 Å². The molecule has 1 atom stereocenters. The Labute approximate surface area is 124 Å². The zero-order chi connectivity index (χ0) is 16.9. The second kappa shape index (κ2) is 12.5. The zero-order valence-electron chi connectivity index (χ0n) is 12.5. The van der Waals surface area contributed by atoms with Crippen molar-refractivity contribution in [2.24, 2.45) is 16.9 Å². The van der Waals surface area contributed by atoms with Crippen molar-refractivity contribution < 1.29 is 30.0 Å². The molecule has 0 saturated heterocycles. The van der Waals surface area contributed by atoms with Crippen LogP contribution < -0.4 is 11.5 Å². The molecule has 1 unspecified atom stereocenters. The van der Waals surface area contributed by atoms with Crippen LogP contribution in [0, 0.1) is 5.41 Å². The number of rotatable bonds is 10. The van der Waals surface area contributed by atoms with E-state index in [1.54, 1.807) is 0 Å². The van der Waals surface area contributed by atoms with Crippen LogP contribution in [0.3, 0.4) is 0 Å². The van der Waals surface area contributed by atoms with Gasteiger partial charge in [0.15, 0.2) is 0 Å². The van der Waals surface area contributed by atoms with Crippen LogP contribution in [-0.4, -0.2) is 58.2 Å². The van der Waals surface area contributed by atoms with Crippen LogP contribution in [0.15, 0.2) is 0 Å². The Kier molecular flexibility index (Phi) is 13.2. The van der Waals surface area contributed by atoms with Crippen molar-refractivity contribution in [3.8, 4) is 0 Å². The summed E-state index contributed by atoms with van der Waals surface area (Å²) in [7, 11) is 0. The molecule has 8 N–H and O–H groups in total. The number of carboxylic acid groups (broad SMARTS) is 2. The van der Waals surface area contributed by atoms with Crippen LogP contribution in [0.4, 0.5) is 0 Å². The zero-order valence-corrected chi connectivity index (χ0v) is 12.5. The lowest BCUT2D eigenvalue weighted by Crippen LogP contribution is -2.38. The Balaban J connectivity index is 0. The Morgan fingerprint density at radius 3 is 1.90 bits per heavy atom. The maximum atomic E-state index is 10.6. The third-order valence-corrected chi connectivity index (χ3v) is 3.07. The molecule has 0 aromatic rings. The van der Waals surface area contributed by atoms with Crippen molar-refractivity contribution in [3.63, 3.8) is 0 Å². The van der Waals surface area contributed by atoms with Gasteiger partial charge < -0.3 is 31.9 Å². The van der Waals surface area contributed by atoms with Crippen molar-refractivity contribution in [3.05, 3.63) is 0 Å². The summed E-state index contributed by atoms with van der Waals surface area (Å²) in [5.74, 6) is -2.07. The first-order valence-electron chi connectivity index (χ1n) is 6.94. The predicted octanol–water partition coefficient (Wildman–Crippen LogP) is -0.631. The number of aliphatic hydroxyl groups is 2. The van der Waals surface area contributed by atoms with Gasteiger partial charge in [0.1, 0.15) is 11.5 Å². The van der Waals surface area contributed by atoms with E-state index in [-0.39, 0.29) is 0 Å². The van der Waals surface area contributed by atoms with Gasteiger partial charge in [-0.25, -0.2) is 0 Å². The molecule has 0 aromatic carbocycles. The monoisotopic (exact) mass is 308 g/mol. The largest absolute Gasteiger partial charge is 0.481 e. The Morgan fingerprint density at radius 1 is 1.14 bits per heavy atom. The van der Waals surface area contributed by atoms with Gasteiger partial charge >= 0.3 is 11.9 Å². The summed E-state index contributed by atoms with van der Waals surface area (Å²) in [6.07, 6.45) is 3.10.